The van der Waals surface area contributed by atoms with Crippen molar-refractivity contribution in [1.82, 2.24) is 5.32 Å². The molecule has 2 aliphatic carbocycles. The summed E-state index contributed by atoms with van der Waals surface area (Å²) >= 11 is 0. The highest BCUT2D eigenvalue weighted by atomic mass is 16.5. The van der Waals surface area contributed by atoms with Gasteiger partial charge in [-0.2, -0.15) is 0 Å². The van der Waals surface area contributed by atoms with Gasteiger partial charge >= 0.3 is 0 Å². The van der Waals surface area contributed by atoms with E-state index < -0.39 is 0 Å². The Balaban J connectivity index is 1.97. The molecular weight excluding hydrogens is 226 g/mol. The largest absolute Gasteiger partial charge is 0.378 e. The van der Waals surface area contributed by atoms with Crippen LogP contribution in [-0.2, 0) is 9.53 Å². The number of hydrogen-bond acceptors (Lipinski definition) is 2. The van der Waals surface area contributed by atoms with Crippen molar-refractivity contribution in [3.05, 3.63) is 0 Å². The zero-order valence-electron chi connectivity index (χ0n) is 12.0. The van der Waals surface area contributed by atoms with E-state index in [0.717, 1.165) is 18.9 Å². The molecule has 1 spiro atoms. The minimum atomic E-state index is 0.118. The third kappa shape index (κ3) is 1.43. The highest BCUT2D eigenvalue weighted by molar-refractivity contribution is 5.73. The molecular formula is C15H25NO2. The number of nitrogens with one attached hydrogen (secondary N) is 1. The number of ether oxygens (including phenoxy) is 1. The Morgan fingerprint density at radius 2 is 2.11 bits per heavy atom. The van der Waals surface area contributed by atoms with Crippen LogP contribution >= 0.6 is 0 Å². The second-order valence-corrected chi connectivity index (χ2v) is 7.26. The molecule has 102 valence electrons. The number of carbonyl (C=O) groups excluding carboxylic acids is 1. The fourth-order valence-electron chi connectivity index (χ4n) is 5.28. The molecule has 0 radical (unpaired) electrons. The lowest BCUT2D eigenvalue weighted by Gasteiger charge is -2.52. The molecule has 1 N–H and O–H groups in total. The Labute approximate surface area is 110 Å². The number of amides is 1. The maximum absolute atomic E-state index is 11.6. The van der Waals surface area contributed by atoms with Gasteiger partial charge in [0, 0.05) is 19.6 Å². The van der Waals surface area contributed by atoms with Crippen molar-refractivity contribution in [2.45, 2.75) is 59.1 Å². The molecule has 1 saturated heterocycles. The normalized spacial score (nSPS) is 48.9. The van der Waals surface area contributed by atoms with Gasteiger partial charge in [-0.15, -0.1) is 0 Å². The fourth-order valence-corrected chi connectivity index (χ4v) is 5.28. The highest BCUT2D eigenvalue weighted by Gasteiger charge is 2.67. The van der Waals surface area contributed by atoms with Crippen LogP contribution < -0.4 is 5.32 Å². The molecule has 3 aliphatic rings. The zero-order chi connectivity index (χ0) is 13.1. The summed E-state index contributed by atoms with van der Waals surface area (Å²) in [5, 5.41) is 3.28. The summed E-state index contributed by atoms with van der Waals surface area (Å²) in [7, 11) is 0. The van der Waals surface area contributed by atoms with Crippen LogP contribution in [0.2, 0.25) is 0 Å². The molecule has 3 nitrogen and oxygen atoms in total. The molecule has 2 saturated carbocycles. The van der Waals surface area contributed by atoms with Crippen LogP contribution in [0.1, 0.15) is 47.0 Å². The summed E-state index contributed by atoms with van der Waals surface area (Å²) in [6, 6.07) is 0.331. The highest BCUT2D eigenvalue weighted by Crippen LogP contribution is 2.68. The molecule has 1 aliphatic heterocycles. The molecule has 5 atom stereocenters. The lowest BCUT2D eigenvalue weighted by molar-refractivity contribution is -0.132. The van der Waals surface area contributed by atoms with Gasteiger partial charge in [-0.05, 0) is 48.9 Å². The van der Waals surface area contributed by atoms with Crippen molar-refractivity contribution in [3.63, 3.8) is 0 Å². The van der Waals surface area contributed by atoms with E-state index in [9.17, 15) is 4.79 Å². The smallest absolute Gasteiger partial charge is 0.217 e. The molecule has 3 rings (SSSR count). The van der Waals surface area contributed by atoms with E-state index in [4.69, 9.17) is 4.74 Å². The van der Waals surface area contributed by atoms with E-state index in [2.05, 4.69) is 26.1 Å². The predicted molar refractivity (Wildman–Crippen MR) is 70.1 cm³/mol. The summed E-state index contributed by atoms with van der Waals surface area (Å²) in [5.74, 6) is 1.50. The second kappa shape index (κ2) is 3.72. The molecule has 3 fully saturated rings. The third-order valence-electron chi connectivity index (χ3n) is 6.14. The van der Waals surface area contributed by atoms with E-state index in [-0.39, 0.29) is 11.3 Å². The summed E-state index contributed by atoms with van der Waals surface area (Å²) in [6.07, 6.45) is 4.04. The van der Waals surface area contributed by atoms with Gasteiger partial charge in [0.25, 0.3) is 0 Å². The number of fused-ring (bicyclic) bond motifs is 1. The van der Waals surface area contributed by atoms with Crippen LogP contribution in [-0.4, -0.2) is 24.7 Å². The standard InChI is InChI=1S/C15H25NO2/c1-9-12-7-11-8-15(12,5-6-18-9)13(14(11,3)4)16-10(2)17/h9,11-13H,5-8H2,1-4H3,(H,16,17)/t9-,11-,12-,13-,15-/m1/s1. The monoisotopic (exact) mass is 251 g/mol. The third-order valence-corrected chi connectivity index (χ3v) is 6.14. The Morgan fingerprint density at radius 1 is 1.39 bits per heavy atom. The van der Waals surface area contributed by atoms with Crippen molar-refractivity contribution >= 4 is 5.91 Å². The van der Waals surface area contributed by atoms with Crippen LogP contribution in [0, 0.1) is 22.7 Å². The minimum absolute atomic E-state index is 0.118. The lowest BCUT2D eigenvalue weighted by atomic mass is 9.59. The molecule has 0 aromatic heterocycles. The van der Waals surface area contributed by atoms with Gasteiger partial charge < -0.3 is 10.1 Å². The summed E-state index contributed by atoms with van der Waals surface area (Å²) < 4.78 is 5.85. The number of hydrogen-bond donors (Lipinski definition) is 1. The maximum Gasteiger partial charge on any atom is 0.217 e. The van der Waals surface area contributed by atoms with E-state index in [1.165, 1.54) is 12.8 Å². The molecule has 0 aromatic carbocycles. The average molecular weight is 251 g/mol. The molecule has 0 unspecified atom stereocenters. The van der Waals surface area contributed by atoms with Gasteiger partial charge in [-0.25, -0.2) is 0 Å². The van der Waals surface area contributed by atoms with Crippen LogP contribution in [0.3, 0.4) is 0 Å². The summed E-state index contributed by atoms with van der Waals surface area (Å²) in [6.45, 7) is 9.39. The van der Waals surface area contributed by atoms with E-state index in [0.29, 0.717) is 23.5 Å². The maximum atomic E-state index is 11.6. The van der Waals surface area contributed by atoms with Gasteiger partial charge in [-0.3, -0.25) is 4.79 Å². The van der Waals surface area contributed by atoms with Gasteiger partial charge in [0.05, 0.1) is 6.10 Å². The summed E-state index contributed by atoms with van der Waals surface area (Å²) in [5.41, 5.74) is 0.538. The van der Waals surface area contributed by atoms with Gasteiger partial charge in [0.2, 0.25) is 5.91 Å². The molecule has 1 heterocycles. The van der Waals surface area contributed by atoms with Crippen LogP contribution in [0.15, 0.2) is 0 Å². The molecule has 3 heteroatoms. The first kappa shape index (κ1) is 12.5. The molecule has 0 aromatic rings. The molecule has 2 bridgehead atoms. The van der Waals surface area contributed by atoms with Crippen molar-refractivity contribution < 1.29 is 9.53 Å². The SMILES string of the molecule is CC(=O)N[C@@H]1C(C)(C)[C@@H]2C[C@@H]3[C@@H](C)OCC[C@@]31C2. The minimum Gasteiger partial charge on any atom is -0.378 e. The van der Waals surface area contributed by atoms with Gasteiger partial charge in [0.15, 0.2) is 0 Å². The number of rotatable bonds is 1. The first-order valence-electron chi connectivity index (χ1n) is 7.26. The first-order chi connectivity index (χ1) is 8.38. The lowest BCUT2D eigenvalue weighted by Crippen LogP contribution is -2.59. The quantitative estimate of drug-likeness (QED) is 0.777. The Hall–Kier alpha value is -0.570. The predicted octanol–water partition coefficient (Wildman–Crippen LogP) is 2.35. The number of carbonyl (C=O) groups is 1. The van der Waals surface area contributed by atoms with Gasteiger partial charge in [-0.1, -0.05) is 13.8 Å². The Morgan fingerprint density at radius 3 is 2.78 bits per heavy atom. The van der Waals surface area contributed by atoms with Crippen LogP contribution in [0.5, 0.6) is 0 Å². The second-order valence-electron chi connectivity index (χ2n) is 7.26. The van der Waals surface area contributed by atoms with E-state index >= 15 is 0 Å². The molecule has 18 heavy (non-hydrogen) atoms. The Kier molecular flexibility index (Phi) is 2.58. The Bertz CT molecular complexity index is 379. The van der Waals surface area contributed by atoms with Crippen molar-refractivity contribution in [3.8, 4) is 0 Å². The topological polar surface area (TPSA) is 38.3 Å². The first-order valence-corrected chi connectivity index (χ1v) is 7.26. The van der Waals surface area contributed by atoms with E-state index in [1.807, 2.05) is 0 Å². The van der Waals surface area contributed by atoms with Crippen molar-refractivity contribution in [2.24, 2.45) is 22.7 Å². The average Bonchev–Trinajstić information content (AvgIpc) is 2.74. The zero-order valence-corrected chi connectivity index (χ0v) is 12.0. The van der Waals surface area contributed by atoms with Crippen LogP contribution in [0.25, 0.3) is 0 Å². The van der Waals surface area contributed by atoms with Crippen molar-refractivity contribution in [1.29, 1.82) is 0 Å². The van der Waals surface area contributed by atoms with Gasteiger partial charge in [0.1, 0.15) is 0 Å². The fraction of sp³-hybridized carbons (Fsp3) is 0.933. The molecule has 1 amide bonds. The summed E-state index contributed by atoms with van der Waals surface area (Å²) in [4.78, 5) is 11.6. The van der Waals surface area contributed by atoms with E-state index in [1.54, 1.807) is 6.92 Å². The van der Waals surface area contributed by atoms with Crippen molar-refractivity contribution in [2.75, 3.05) is 6.61 Å². The van der Waals surface area contributed by atoms with Crippen LogP contribution in [0.4, 0.5) is 0 Å².